The summed E-state index contributed by atoms with van der Waals surface area (Å²) in [6, 6.07) is 0. The summed E-state index contributed by atoms with van der Waals surface area (Å²) in [6.45, 7) is 2.55. The van der Waals surface area contributed by atoms with Crippen molar-refractivity contribution in [3.8, 4) is 0 Å². The van der Waals surface area contributed by atoms with E-state index in [1.165, 1.54) is 0 Å². The van der Waals surface area contributed by atoms with Gasteiger partial charge in [-0.3, -0.25) is 9.59 Å². The van der Waals surface area contributed by atoms with E-state index in [1.807, 2.05) is 6.92 Å². The van der Waals surface area contributed by atoms with Crippen molar-refractivity contribution in [2.45, 2.75) is 45.4 Å². The molecule has 0 bridgehead atoms. The number of nitrogens with two attached hydrogens (primary N) is 1. The van der Waals surface area contributed by atoms with E-state index in [4.69, 9.17) is 10.5 Å². The van der Waals surface area contributed by atoms with E-state index in [0.29, 0.717) is 32.3 Å². The lowest BCUT2D eigenvalue weighted by Gasteiger charge is -2.02. The van der Waals surface area contributed by atoms with Crippen LogP contribution in [0.3, 0.4) is 0 Å². The van der Waals surface area contributed by atoms with Crippen LogP contribution in [-0.4, -0.2) is 18.5 Å². The van der Waals surface area contributed by atoms with Crippen LogP contribution >= 0.6 is 0 Å². The molecule has 2 N–H and O–H groups in total. The third kappa shape index (κ3) is 9.03. The second-order valence-corrected chi connectivity index (χ2v) is 3.25. The van der Waals surface area contributed by atoms with E-state index in [0.717, 1.165) is 12.8 Å². The van der Waals surface area contributed by atoms with Gasteiger partial charge in [-0.25, -0.2) is 0 Å². The number of hydrogen-bond donors (Lipinski definition) is 1. The second-order valence-electron chi connectivity index (χ2n) is 3.25. The topological polar surface area (TPSA) is 69.4 Å². The molecule has 4 heteroatoms. The van der Waals surface area contributed by atoms with Crippen molar-refractivity contribution in [2.75, 3.05) is 6.61 Å². The van der Waals surface area contributed by atoms with Gasteiger partial charge in [0.15, 0.2) is 0 Å². The van der Waals surface area contributed by atoms with Gasteiger partial charge in [0.05, 0.1) is 6.61 Å². The summed E-state index contributed by atoms with van der Waals surface area (Å²) in [5, 5.41) is 0. The molecule has 0 aliphatic heterocycles. The maximum absolute atomic E-state index is 11.0. The molecule has 0 heterocycles. The van der Waals surface area contributed by atoms with E-state index in [1.54, 1.807) is 0 Å². The molecule has 0 saturated carbocycles. The summed E-state index contributed by atoms with van der Waals surface area (Å²) < 4.78 is 4.93. The van der Waals surface area contributed by atoms with Crippen molar-refractivity contribution < 1.29 is 14.3 Å². The Morgan fingerprint density at radius 3 is 2.36 bits per heavy atom. The molecule has 0 rings (SSSR count). The van der Waals surface area contributed by atoms with Gasteiger partial charge in [0.2, 0.25) is 5.91 Å². The quantitative estimate of drug-likeness (QED) is 0.476. The van der Waals surface area contributed by atoms with E-state index in [-0.39, 0.29) is 11.9 Å². The number of carbonyl (C=O) groups excluding carboxylic acids is 2. The molecule has 0 aromatic heterocycles. The zero-order valence-corrected chi connectivity index (χ0v) is 8.75. The maximum atomic E-state index is 11.0. The van der Waals surface area contributed by atoms with Crippen LogP contribution in [0.25, 0.3) is 0 Å². The number of rotatable bonds is 8. The molecule has 0 aliphatic carbocycles. The molecule has 0 aromatic carbocycles. The number of carbonyl (C=O) groups is 2. The minimum Gasteiger partial charge on any atom is -0.466 e. The third-order valence-corrected chi connectivity index (χ3v) is 1.82. The van der Waals surface area contributed by atoms with Crippen LogP contribution in [0.5, 0.6) is 0 Å². The minimum absolute atomic E-state index is 0.178. The maximum Gasteiger partial charge on any atom is 0.305 e. The Balaban J connectivity index is 3.22. The molecule has 0 fully saturated rings. The van der Waals surface area contributed by atoms with Crippen molar-refractivity contribution in [3.63, 3.8) is 0 Å². The molecule has 0 atom stereocenters. The van der Waals surface area contributed by atoms with Gasteiger partial charge in [-0.05, 0) is 19.3 Å². The van der Waals surface area contributed by atoms with Gasteiger partial charge in [0.1, 0.15) is 0 Å². The number of amides is 1. The van der Waals surface area contributed by atoms with Crippen LogP contribution in [0, 0.1) is 0 Å². The first-order chi connectivity index (χ1) is 6.66. The Hall–Kier alpha value is -1.06. The van der Waals surface area contributed by atoms with Gasteiger partial charge < -0.3 is 10.5 Å². The molecule has 0 unspecified atom stereocenters. The molecule has 14 heavy (non-hydrogen) atoms. The van der Waals surface area contributed by atoms with Crippen molar-refractivity contribution in [1.82, 2.24) is 0 Å². The van der Waals surface area contributed by atoms with Crippen LogP contribution in [0.4, 0.5) is 0 Å². The Kier molecular flexibility index (Phi) is 7.89. The van der Waals surface area contributed by atoms with Gasteiger partial charge in [-0.1, -0.05) is 13.3 Å². The summed E-state index contributed by atoms with van der Waals surface area (Å²) >= 11 is 0. The fraction of sp³-hybridized carbons (Fsp3) is 0.800. The van der Waals surface area contributed by atoms with Crippen LogP contribution in [-0.2, 0) is 14.3 Å². The van der Waals surface area contributed by atoms with Crippen molar-refractivity contribution in [1.29, 1.82) is 0 Å². The highest BCUT2D eigenvalue weighted by atomic mass is 16.5. The van der Waals surface area contributed by atoms with E-state index in [9.17, 15) is 9.59 Å². The summed E-state index contributed by atoms with van der Waals surface area (Å²) in [4.78, 5) is 21.4. The molecular weight excluding hydrogens is 182 g/mol. The number of hydrogen-bond acceptors (Lipinski definition) is 3. The molecule has 1 amide bonds. The number of primary amides is 1. The Morgan fingerprint density at radius 2 is 1.79 bits per heavy atom. The van der Waals surface area contributed by atoms with E-state index >= 15 is 0 Å². The first-order valence-corrected chi connectivity index (χ1v) is 5.10. The molecule has 0 spiro atoms. The fourth-order valence-electron chi connectivity index (χ4n) is 0.971. The first-order valence-electron chi connectivity index (χ1n) is 5.10. The van der Waals surface area contributed by atoms with Crippen LogP contribution in [0.15, 0.2) is 0 Å². The standard InChI is InChI=1S/C10H19NO3/c1-2-3-8-14-10(13)7-5-4-6-9(11)12/h2-8H2,1H3,(H2,11,12). The second kappa shape index (κ2) is 8.53. The molecule has 0 saturated heterocycles. The van der Waals surface area contributed by atoms with Crippen molar-refractivity contribution >= 4 is 11.9 Å². The lowest BCUT2D eigenvalue weighted by molar-refractivity contribution is -0.144. The Morgan fingerprint density at radius 1 is 1.14 bits per heavy atom. The van der Waals surface area contributed by atoms with Gasteiger partial charge in [-0.15, -0.1) is 0 Å². The summed E-state index contributed by atoms with van der Waals surface area (Å²) in [7, 11) is 0. The normalized spacial score (nSPS) is 9.79. The van der Waals surface area contributed by atoms with E-state index < -0.39 is 0 Å². The Labute approximate surface area is 84.8 Å². The number of ether oxygens (including phenoxy) is 1. The predicted octanol–water partition coefficient (Wildman–Crippen LogP) is 1.38. The fourth-order valence-corrected chi connectivity index (χ4v) is 0.971. The summed E-state index contributed by atoms with van der Waals surface area (Å²) in [5.74, 6) is -0.493. The van der Waals surface area contributed by atoms with E-state index in [2.05, 4.69) is 0 Å². The molecular formula is C10H19NO3. The highest BCUT2D eigenvalue weighted by Gasteiger charge is 2.02. The zero-order chi connectivity index (χ0) is 10.8. The predicted molar refractivity (Wildman–Crippen MR) is 53.5 cm³/mol. The van der Waals surface area contributed by atoms with Gasteiger partial charge >= 0.3 is 5.97 Å². The van der Waals surface area contributed by atoms with Crippen LogP contribution < -0.4 is 5.73 Å². The SMILES string of the molecule is CCCCOC(=O)CCCCC(N)=O. The lowest BCUT2D eigenvalue weighted by atomic mass is 10.2. The average molecular weight is 201 g/mol. The molecule has 0 aliphatic rings. The number of unbranched alkanes of at least 4 members (excludes halogenated alkanes) is 2. The van der Waals surface area contributed by atoms with Gasteiger partial charge in [0.25, 0.3) is 0 Å². The lowest BCUT2D eigenvalue weighted by Crippen LogP contribution is -2.10. The molecule has 0 aromatic rings. The molecule has 82 valence electrons. The first kappa shape index (κ1) is 12.9. The van der Waals surface area contributed by atoms with Gasteiger partial charge in [-0.2, -0.15) is 0 Å². The van der Waals surface area contributed by atoms with Crippen LogP contribution in [0.1, 0.15) is 45.4 Å². The summed E-state index contributed by atoms with van der Waals surface area (Å²) in [5.41, 5.74) is 4.95. The summed E-state index contributed by atoms with van der Waals surface area (Å²) in [6.07, 6.45) is 4.01. The third-order valence-electron chi connectivity index (χ3n) is 1.82. The Bertz CT molecular complexity index is 180. The van der Waals surface area contributed by atoms with Crippen molar-refractivity contribution in [3.05, 3.63) is 0 Å². The minimum atomic E-state index is -0.315. The van der Waals surface area contributed by atoms with Crippen LogP contribution in [0.2, 0.25) is 0 Å². The molecule has 4 nitrogen and oxygen atoms in total. The average Bonchev–Trinajstić information content (AvgIpc) is 2.13. The van der Waals surface area contributed by atoms with Crippen molar-refractivity contribution in [2.24, 2.45) is 5.73 Å². The smallest absolute Gasteiger partial charge is 0.305 e. The highest BCUT2D eigenvalue weighted by molar-refractivity contribution is 5.73. The van der Waals surface area contributed by atoms with Gasteiger partial charge in [0, 0.05) is 12.8 Å². The highest BCUT2D eigenvalue weighted by Crippen LogP contribution is 2.01. The number of esters is 1. The largest absolute Gasteiger partial charge is 0.466 e. The monoisotopic (exact) mass is 201 g/mol. The zero-order valence-electron chi connectivity index (χ0n) is 8.75. The molecule has 0 radical (unpaired) electrons.